The number of hydrogen-bond donors (Lipinski definition) is 0. The van der Waals surface area contributed by atoms with Crippen LogP contribution in [-0.2, 0) is 14.6 Å². The average Bonchev–Trinajstić information content (AvgIpc) is 3.19. The van der Waals surface area contributed by atoms with Gasteiger partial charge in [-0.1, -0.05) is 13.5 Å². The van der Waals surface area contributed by atoms with E-state index in [1.807, 2.05) is 24.4 Å². The van der Waals surface area contributed by atoms with Crippen molar-refractivity contribution in [3.63, 3.8) is 0 Å². The Morgan fingerprint density at radius 3 is 2.61 bits per heavy atom. The molecule has 1 aromatic carbocycles. The molecule has 0 aliphatic rings. The normalized spacial score (nSPS) is 11.2. The number of carbonyl (C=O) groups excluding carboxylic acids is 1. The largest absolute Gasteiger partial charge is 0.269 e. The summed E-state index contributed by atoms with van der Waals surface area (Å²) in [6.07, 6.45) is 5.12. The van der Waals surface area contributed by atoms with Gasteiger partial charge in [-0.25, -0.2) is 13.4 Å². The van der Waals surface area contributed by atoms with Gasteiger partial charge in [0, 0.05) is 23.3 Å². The van der Waals surface area contributed by atoms with E-state index in [-0.39, 0.29) is 16.6 Å². The zero-order chi connectivity index (χ0) is 20.1. The van der Waals surface area contributed by atoms with Crippen LogP contribution in [-0.4, -0.2) is 30.0 Å². The van der Waals surface area contributed by atoms with E-state index in [9.17, 15) is 13.2 Å². The minimum Gasteiger partial charge on any atom is -0.269 e. The number of benzene rings is 1. The smallest absolute Gasteiger partial charge is 0.256 e. The summed E-state index contributed by atoms with van der Waals surface area (Å²) in [6.45, 7) is 5.38. The van der Waals surface area contributed by atoms with Gasteiger partial charge >= 0.3 is 0 Å². The zero-order valence-corrected chi connectivity index (χ0v) is 16.9. The van der Waals surface area contributed by atoms with Gasteiger partial charge in [0.25, 0.3) is 5.91 Å². The quantitative estimate of drug-likeness (QED) is 0.541. The number of amides is 1. The molecular formula is C20H19N3O3S2. The van der Waals surface area contributed by atoms with Gasteiger partial charge in [-0.3, -0.25) is 14.7 Å². The molecule has 0 aliphatic heterocycles. The van der Waals surface area contributed by atoms with E-state index in [2.05, 4.69) is 16.5 Å². The van der Waals surface area contributed by atoms with Gasteiger partial charge in [0.15, 0.2) is 15.0 Å². The Kier molecular flexibility index (Phi) is 6.01. The molecule has 144 valence electrons. The summed E-state index contributed by atoms with van der Waals surface area (Å²) in [5, 5.41) is 2.31. The predicted molar refractivity (Wildman–Crippen MR) is 111 cm³/mol. The average molecular weight is 414 g/mol. The van der Waals surface area contributed by atoms with E-state index < -0.39 is 9.84 Å². The SMILES string of the molecule is C=CC(=O)N(c1ccc(S(=O)(=O)CCC)cc1)c1nc(-c2cccnc2)cs1. The predicted octanol–water partition coefficient (Wildman–Crippen LogP) is 4.24. The molecule has 0 spiro atoms. The lowest BCUT2D eigenvalue weighted by molar-refractivity contribution is -0.113. The molecule has 0 N–H and O–H groups in total. The van der Waals surface area contributed by atoms with Crippen molar-refractivity contribution in [1.29, 1.82) is 0 Å². The second kappa shape index (κ2) is 8.45. The van der Waals surface area contributed by atoms with E-state index >= 15 is 0 Å². The van der Waals surface area contributed by atoms with Crippen molar-refractivity contribution in [2.24, 2.45) is 0 Å². The van der Waals surface area contributed by atoms with Crippen LogP contribution in [0.4, 0.5) is 10.8 Å². The lowest BCUT2D eigenvalue weighted by atomic mass is 10.2. The summed E-state index contributed by atoms with van der Waals surface area (Å²) in [6, 6.07) is 9.94. The first kappa shape index (κ1) is 19.9. The molecule has 0 saturated heterocycles. The molecule has 28 heavy (non-hydrogen) atoms. The van der Waals surface area contributed by atoms with Crippen molar-refractivity contribution in [3.8, 4) is 11.3 Å². The Labute approximate surface area is 168 Å². The standard InChI is InChI=1S/C20H19N3O3S2/c1-3-12-28(25,26)17-9-7-16(8-10-17)23(19(24)4-2)20-22-18(14-27-20)15-6-5-11-21-13-15/h4-11,13-14H,2-3,12H2,1H3. The highest BCUT2D eigenvalue weighted by Gasteiger charge is 2.21. The summed E-state index contributed by atoms with van der Waals surface area (Å²) < 4.78 is 24.4. The van der Waals surface area contributed by atoms with Crippen LogP contribution in [0.5, 0.6) is 0 Å². The Balaban J connectivity index is 1.97. The molecule has 2 aromatic heterocycles. The number of hydrogen-bond acceptors (Lipinski definition) is 6. The number of nitrogens with zero attached hydrogens (tertiary/aromatic N) is 3. The Hall–Kier alpha value is -2.84. The Morgan fingerprint density at radius 2 is 2.00 bits per heavy atom. The van der Waals surface area contributed by atoms with Crippen molar-refractivity contribution < 1.29 is 13.2 Å². The maximum absolute atomic E-state index is 12.5. The Bertz CT molecular complexity index is 1080. The lowest BCUT2D eigenvalue weighted by Crippen LogP contribution is -2.23. The van der Waals surface area contributed by atoms with Gasteiger partial charge in [-0.2, -0.15) is 0 Å². The number of sulfone groups is 1. The number of thiazole rings is 1. The van der Waals surface area contributed by atoms with E-state index in [1.54, 1.807) is 24.5 Å². The van der Waals surface area contributed by atoms with Gasteiger partial charge in [-0.05, 0) is 48.9 Å². The van der Waals surface area contributed by atoms with Crippen LogP contribution in [0.1, 0.15) is 13.3 Å². The first-order chi connectivity index (χ1) is 13.5. The highest BCUT2D eigenvalue weighted by molar-refractivity contribution is 7.91. The van der Waals surface area contributed by atoms with Gasteiger partial charge in [0.05, 0.1) is 22.0 Å². The van der Waals surface area contributed by atoms with E-state index in [0.29, 0.717) is 22.9 Å². The molecule has 6 nitrogen and oxygen atoms in total. The second-order valence-corrected chi connectivity index (χ2v) is 8.89. The summed E-state index contributed by atoms with van der Waals surface area (Å²) in [5.74, 6) is -0.265. The molecule has 0 radical (unpaired) electrons. The van der Waals surface area contributed by atoms with Crippen LogP contribution in [0.25, 0.3) is 11.3 Å². The van der Waals surface area contributed by atoms with E-state index in [1.165, 1.54) is 34.4 Å². The van der Waals surface area contributed by atoms with Crippen LogP contribution in [0.2, 0.25) is 0 Å². The third-order valence-electron chi connectivity index (χ3n) is 3.96. The highest BCUT2D eigenvalue weighted by Crippen LogP contribution is 2.32. The topological polar surface area (TPSA) is 80.2 Å². The van der Waals surface area contributed by atoms with Crippen molar-refractivity contribution >= 4 is 37.9 Å². The van der Waals surface area contributed by atoms with Gasteiger partial charge in [0.1, 0.15) is 0 Å². The molecular weight excluding hydrogens is 394 g/mol. The maximum Gasteiger partial charge on any atom is 0.256 e. The molecule has 0 fully saturated rings. The molecule has 0 saturated carbocycles. The number of aromatic nitrogens is 2. The first-order valence-corrected chi connectivity index (χ1v) is 11.1. The summed E-state index contributed by atoms with van der Waals surface area (Å²) >= 11 is 1.31. The molecule has 0 unspecified atom stereocenters. The van der Waals surface area contributed by atoms with Crippen LogP contribution < -0.4 is 4.90 Å². The van der Waals surface area contributed by atoms with Crippen molar-refractivity contribution in [3.05, 3.63) is 66.8 Å². The summed E-state index contributed by atoms with van der Waals surface area (Å²) in [7, 11) is -3.32. The van der Waals surface area contributed by atoms with Crippen LogP contribution in [0, 0.1) is 0 Å². The van der Waals surface area contributed by atoms with Crippen molar-refractivity contribution in [1.82, 2.24) is 9.97 Å². The van der Waals surface area contributed by atoms with E-state index in [4.69, 9.17) is 0 Å². The molecule has 1 amide bonds. The van der Waals surface area contributed by atoms with Gasteiger partial charge in [-0.15, -0.1) is 11.3 Å². The fourth-order valence-corrected chi connectivity index (χ4v) is 4.81. The maximum atomic E-state index is 12.5. The van der Waals surface area contributed by atoms with Gasteiger partial charge in [0.2, 0.25) is 0 Å². The molecule has 0 atom stereocenters. The first-order valence-electron chi connectivity index (χ1n) is 8.61. The minimum atomic E-state index is -3.32. The minimum absolute atomic E-state index is 0.0859. The number of carbonyl (C=O) groups is 1. The summed E-state index contributed by atoms with van der Waals surface area (Å²) in [4.78, 5) is 22.8. The van der Waals surface area contributed by atoms with Crippen LogP contribution in [0.15, 0.2) is 71.7 Å². The summed E-state index contributed by atoms with van der Waals surface area (Å²) in [5.41, 5.74) is 2.07. The monoisotopic (exact) mass is 413 g/mol. The molecule has 3 rings (SSSR count). The molecule has 8 heteroatoms. The highest BCUT2D eigenvalue weighted by atomic mass is 32.2. The fourth-order valence-electron chi connectivity index (χ4n) is 2.63. The Morgan fingerprint density at radius 1 is 1.25 bits per heavy atom. The molecule has 0 aliphatic carbocycles. The molecule has 2 heterocycles. The zero-order valence-electron chi connectivity index (χ0n) is 15.3. The second-order valence-electron chi connectivity index (χ2n) is 5.95. The van der Waals surface area contributed by atoms with Crippen LogP contribution >= 0.6 is 11.3 Å². The number of rotatable bonds is 7. The fraction of sp³-hybridized carbons (Fsp3) is 0.150. The lowest BCUT2D eigenvalue weighted by Gasteiger charge is -2.18. The van der Waals surface area contributed by atoms with E-state index in [0.717, 1.165) is 5.56 Å². The molecule has 0 bridgehead atoms. The number of anilines is 2. The van der Waals surface area contributed by atoms with Crippen molar-refractivity contribution in [2.75, 3.05) is 10.7 Å². The van der Waals surface area contributed by atoms with Crippen molar-refractivity contribution in [2.45, 2.75) is 18.2 Å². The molecule has 3 aromatic rings. The third-order valence-corrected chi connectivity index (χ3v) is 6.72. The third kappa shape index (κ3) is 4.18. The van der Waals surface area contributed by atoms with Gasteiger partial charge < -0.3 is 0 Å². The van der Waals surface area contributed by atoms with Crippen LogP contribution in [0.3, 0.4) is 0 Å². The number of pyridine rings is 1.